The largest absolute Gasteiger partial charge is 0.405 e. The lowest BCUT2D eigenvalue weighted by Crippen LogP contribution is -2.36. The van der Waals surface area contributed by atoms with Crippen LogP contribution in [0.2, 0.25) is 0 Å². The van der Waals surface area contributed by atoms with Gasteiger partial charge in [0, 0.05) is 12.6 Å². The molecule has 1 fully saturated rings. The first-order valence-corrected chi connectivity index (χ1v) is 5.72. The zero-order valence-electron chi connectivity index (χ0n) is 9.67. The Balaban J connectivity index is 2.25. The van der Waals surface area contributed by atoms with Crippen LogP contribution in [0, 0.1) is 5.82 Å². The standard InChI is InChI=1S/C12H14F4N2/c13-10-5-8(6-17)1-4-11(10)18(9-2-3-9)7-12(14,15)16/h1,4-5,9H,2-3,6-7,17H2. The fourth-order valence-electron chi connectivity index (χ4n) is 1.90. The van der Waals surface area contributed by atoms with Crippen molar-refractivity contribution < 1.29 is 17.6 Å². The van der Waals surface area contributed by atoms with E-state index in [1.54, 1.807) is 6.07 Å². The van der Waals surface area contributed by atoms with Crippen molar-refractivity contribution in [2.45, 2.75) is 31.6 Å². The highest BCUT2D eigenvalue weighted by Gasteiger charge is 2.39. The molecule has 0 spiro atoms. The molecule has 0 aliphatic heterocycles. The van der Waals surface area contributed by atoms with E-state index in [9.17, 15) is 17.6 Å². The Hall–Kier alpha value is -1.30. The smallest absolute Gasteiger partial charge is 0.357 e. The molecule has 0 saturated heterocycles. The molecule has 0 radical (unpaired) electrons. The van der Waals surface area contributed by atoms with Crippen molar-refractivity contribution in [3.05, 3.63) is 29.6 Å². The normalized spacial score (nSPS) is 15.8. The minimum atomic E-state index is -4.33. The van der Waals surface area contributed by atoms with Gasteiger partial charge in [-0.2, -0.15) is 13.2 Å². The number of hydrogen-bond acceptors (Lipinski definition) is 2. The van der Waals surface area contributed by atoms with Crippen molar-refractivity contribution in [1.82, 2.24) is 0 Å². The van der Waals surface area contributed by atoms with Gasteiger partial charge in [0.15, 0.2) is 0 Å². The Morgan fingerprint density at radius 1 is 1.28 bits per heavy atom. The van der Waals surface area contributed by atoms with Crippen LogP contribution in [0.5, 0.6) is 0 Å². The highest BCUT2D eigenvalue weighted by molar-refractivity contribution is 5.51. The average molecular weight is 262 g/mol. The van der Waals surface area contributed by atoms with Crippen LogP contribution in [0.3, 0.4) is 0 Å². The Morgan fingerprint density at radius 3 is 2.39 bits per heavy atom. The van der Waals surface area contributed by atoms with E-state index in [1.807, 2.05) is 0 Å². The van der Waals surface area contributed by atoms with Gasteiger partial charge in [-0.3, -0.25) is 0 Å². The van der Waals surface area contributed by atoms with Gasteiger partial charge in [-0.1, -0.05) is 6.07 Å². The molecule has 1 aliphatic carbocycles. The maximum atomic E-state index is 13.8. The second kappa shape index (κ2) is 4.76. The number of alkyl halides is 3. The summed E-state index contributed by atoms with van der Waals surface area (Å²) in [5.41, 5.74) is 5.93. The maximum absolute atomic E-state index is 13.8. The summed E-state index contributed by atoms with van der Waals surface area (Å²) in [4.78, 5) is 1.09. The molecular formula is C12H14F4N2. The lowest BCUT2D eigenvalue weighted by atomic mass is 10.2. The zero-order valence-corrected chi connectivity index (χ0v) is 9.67. The third kappa shape index (κ3) is 3.13. The fraction of sp³-hybridized carbons (Fsp3) is 0.500. The summed E-state index contributed by atoms with van der Waals surface area (Å²) >= 11 is 0. The van der Waals surface area contributed by atoms with Gasteiger partial charge in [0.25, 0.3) is 0 Å². The predicted molar refractivity (Wildman–Crippen MR) is 60.7 cm³/mol. The Morgan fingerprint density at radius 2 is 1.94 bits per heavy atom. The Bertz CT molecular complexity index is 427. The fourth-order valence-corrected chi connectivity index (χ4v) is 1.90. The minimum absolute atomic E-state index is 0.00650. The molecule has 0 unspecified atom stereocenters. The molecule has 2 N–H and O–H groups in total. The van der Waals surface area contributed by atoms with Crippen molar-refractivity contribution in [2.75, 3.05) is 11.4 Å². The molecule has 2 nitrogen and oxygen atoms in total. The molecule has 1 saturated carbocycles. The van der Waals surface area contributed by atoms with Crippen molar-refractivity contribution in [2.24, 2.45) is 5.73 Å². The van der Waals surface area contributed by atoms with Crippen molar-refractivity contribution in [1.29, 1.82) is 0 Å². The number of nitrogens with zero attached hydrogens (tertiary/aromatic N) is 1. The summed E-state index contributed by atoms with van der Waals surface area (Å²) in [6, 6.07) is 3.93. The lowest BCUT2D eigenvalue weighted by Gasteiger charge is -2.26. The molecule has 2 rings (SSSR count). The van der Waals surface area contributed by atoms with E-state index in [0.29, 0.717) is 18.4 Å². The topological polar surface area (TPSA) is 29.3 Å². The van der Waals surface area contributed by atoms with Crippen LogP contribution < -0.4 is 10.6 Å². The van der Waals surface area contributed by atoms with Crippen LogP contribution in [0.1, 0.15) is 18.4 Å². The highest BCUT2D eigenvalue weighted by Crippen LogP contribution is 2.35. The van der Waals surface area contributed by atoms with Crippen LogP contribution in [-0.4, -0.2) is 18.8 Å². The van der Waals surface area contributed by atoms with Gasteiger partial charge in [-0.15, -0.1) is 0 Å². The predicted octanol–water partition coefficient (Wildman–Crippen LogP) is 2.82. The van der Waals surface area contributed by atoms with Gasteiger partial charge in [0.05, 0.1) is 5.69 Å². The summed E-state index contributed by atoms with van der Waals surface area (Å²) in [5, 5.41) is 0. The zero-order chi connectivity index (χ0) is 13.3. The summed E-state index contributed by atoms with van der Waals surface area (Å²) < 4.78 is 51.2. The number of rotatable bonds is 4. The lowest BCUT2D eigenvalue weighted by molar-refractivity contribution is -0.120. The summed E-state index contributed by atoms with van der Waals surface area (Å²) in [7, 11) is 0. The highest BCUT2D eigenvalue weighted by atomic mass is 19.4. The molecule has 0 atom stereocenters. The van der Waals surface area contributed by atoms with Crippen LogP contribution in [0.4, 0.5) is 23.2 Å². The van der Waals surface area contributed by atoms with E-state index in [4.69, 9.17) is 5.73 Å². The van der Waals surface area contributed by atoms with Gasteiger partial charge in [-0.25, -0.2) is 4.39 Å². The average Bonchev–Trinajstić information content (AvgIpc) is 3.08. The minimum Gasteiger partial charge on any atom is -0.357 e. The quantitative estimate of drug-likeness (QED) is 0.845. The molecule has 0 bridgehead atoms. The first kappa shape index (κ1) is 13.1. The van der Waals surface area contributed by atoms with Crippen LogP contribution >= 0.6 is 0 Å². The van der Waals surface area contributed by atoms with Gasteiger partial charge >= 0.3 is 6.18 Å². The number of benzene rings is 1. The Labute approximate surface area is 102 Å². The molecule has 1 aromatic rings. The number of nitrogens with two attached hydrogens (primary N) is 1. The van der Waals surface area contributed by atoms with Crippen molar-refractivity contribution in [3.63, 3.8) is 0 Å². The third-order valence-electron chi connectivity index (χ3n) is 2.89. The van der Waals surface area contributed by atoms with Crippen LogP contribution in [-0.2, 0) is 6.54 Å². The molecule has 1 aromatic carbocycles. The van der Waals surface area contributed by atoms with Crippen LogP contribution in [0.25, 0.3) is 0 Å². The van der Waals surface area contributed by atoms with Crippen molar-refractivity contribution >= 4 is 5.69 Å². The molecule has 100 valence electrons. The number of halogens is 4. The van der Waals surface area contributed by atoms with Crippen molar-refractivity contribution in [3.8, 4) is 0 Å². The second-order valence-corrected chi connectivity index (χ2v) is 4.46. The second-order valence-electron chi connectivity index (χ2n) is 4.46. The van der Waals surface area contributed by atoms with E-state index in [-0.39, 0.29) is 18.3 Å². The maximum Gasteiger partial charge on any atom is 0.405 e. The summed E-state index contributed by atoms with van der Waals surface area (Å²) in [6.07, 6.45) is -2.98. The first-order chi connectivity index (χ1) is 8.40. The molecular weight excluding hydrogens is 248 g/mol. The van der Waals surface area contributed by atoms with E-state index in [1.165, 1.54) is 12.1 Å². The molecule has 0 heterocycles. The molecule has 6 heteroatoms. The molecule has 0 aromatic heterocycles. The van der Waals surface area contributed by atoms with E-state index < -0.39 is 18.5 Å². The molecule has 18 heavy (non-hydrogen) atoms. The summed E-state index contributed by atoms with van der Waals surface area (Å²) in [5.74, 6) is -0.644. The molecule has 1 aliphatic rings. The molecule has 0 amide bonds. The van der Waals surface area contributed by atoms with Gasteiger partial charge in [0.2, 0.25) is 0 Å². The summed E-state index contributed by atoms with van der Waals surface area (Å²) in [6.45, 7) is -0.948. The Kier molecular flexibility index (Phi) is 3.47. The van der Waals surface area contributed by atoms with E-state index >= 15 is 0 Å². The van der Waals surface area contributed by atoms with E-state index in [2.05, 4.69) is 0 Å². The third-order valence-corrected chi connectivity index (χ3v) is 2.89. The van der Waals surface area contributed by atoms with E-state index in [0.717, 1.165) is 4.90 Å². The van der Waals surface area contributed by atoms with Gasteiger partial charge < -0.3 is 10.6 Å². The van der Waals surface area contributed by atoms with Gasteiger partial charge in [0.1, 0.15) is 12.4 Å². The monoisotopic (exact) mass is 262 g/mol. The SMILES string of the molecule is NCc1ccc(N(CC(F)(F)F)C2CC2)c(F)c1. The number of hydrogen-bond donors (Lipinski definition) is 1. The van der Waals surface area contributed by atoms with Gasteiger partial charge in [-0.05, 0) is 30.5 Å². The number of anilines is 1. The first-order valence-electron chi connectivity index (χ1n) is 5.72. The van der Waals surface area contributed by atoms with Crippen LogP contribution in [0.15, 0.2) is 18.2 Å².